The molecule has 0 spiro atoms. The molecule has 0 amide bonds. The highest BCUT2D eigenvalue weighted by Crippen LogP contribution is 2.28. The SMILES string of the molecule is COc1ncc(NS(=O)(=O)c2ccc3c(c2)CCCC3)c(OC)n1. The van der Waals surface area contributed by atoms with Crippen molar-refractivity contribution in [2.45, 2.75) is 30.6 Å². The number of hydrogen-bond acceptors (Lipinski definition) is 6. The van der Waals surface area contributed by atoms with E-state index in [2.05, 4.69) is 14.7 Å². The number of benzene rings is 1. The van der Waals surface area contributed by atoms with E-state index < -0.39 is 10.0 Å². The van der Waals surface area contributed by atoms with E-state index in [0.717, 1.165) is 31.2 Å². The first-order valence-electron chi connectivity index (χ1n) is 7.63. The number of ether oxygens (including phenoxy) is 2. The van der Waals surface area contributed by atoms with Crippen molar-refractivity contribution in [3.63, 3.8) is 0 Å². The Kier molecular flexibility index (Phi) is 4.57. The van der Waals surface area contributed by atoms with Crippen LogP contribution in [0.5, 0.6) is 11.9 Å². The van der Waals surface area contributed by atoms with Crippen LogP contribution >= 0.6 is 0 Å². The normalized spacial score (nSPS) is 13.9. The average Bonchev–Trinajstić information content (AvgIpc) is 2.61. The Labute approximate surface area is 141 Å². The molecule has 0 saturated heterocycles. The summed E-state index contributed by atoms with van der Waals surface area (Å²) in [6, 6.07) is 5.37. The molecule has 0 fully saturated rings. The lowest BCUT2D eigenvalue weighted by Crippen LogP contribution is -2.15. The molecule has 24 heavy (non-hydrogen) atoms. The van der Waals surface area contributed by atoms with Crippen molar-refractivity contribution in [2.75, 3.05) is 18.9 Å². The number of rotatable bonds is 5. The van der Waals surface area contributed by atoms with Crippen molar-refractivity contribution >= 4 is 15.7 Å². The van der Waals surface area contributed by atoms with Gasteiger partial charge in [0.05, 0.1) is 25.3 Å². The Balaban J connectivity index is 1.91. The Morgan fingerprint density at radius 2 is 1.83 bits per heavy atom. The van der Waals surface area contributed by atoms with E-state index in [0.29, 0.717) is 0 Å². The number of nitrogens with one attached hydrogen (secondary N) is 1. The lowest BCUT2D eigenvalue weighted by atomic mass is 9.92. The third-order valence-corrected chi connectivity index (χ3v) is 5.35. The maximum Gasteiger partial charge on any atom is 0.319 e. The van der Waals surface area contributed by atoms with Gasteiger partial charge in [-0.1, -0.05) is 6.07 Å². The van der Waals surface area contributed by atoms with Crippen LogP contribution in [0.4, 0.5) is 5.69 Å². The summed E-state index contributed by atoms with van der Waals surface area (Å²) in [5.41, 5.74) is 2.49. The molecule has 0 bridgehead atoms. The first-order chi connectivity index (χ1) is 11.5. The minimum absolute atomic E-state index is 0.100. The van der Waals surface area contributed by atoms with Gasteiger partial charge in [-0.2, -0.15) is 4.98 Å². The summed E-state index contributed by atoms with van der Waals surface area (Å²) in [5.74, 6) is 0.100. The Bertz CT molecular complexity index is 852. The van der Waals surface area contributed by atoms with Gasteiger partial charge in [0, 0.05) is 0 Å². The van der Waals surface area contributed by atoms with Gasteiger partial charge >= 0.3 is 6.01 Å². The van der Waals surface area contributed by atoms with E-state index >= 15 is 0 Å². The van der Waals surface area contributed by atoms with Crippen molar-refractivity contribution < 1.29 is 17.9 Å². The lowest BCUT2D eigenvalue weighted by Gasteiger charge is -2.17. The fourth-order valence-corrected chi connectivity index (χ4v) is 3.85. The zero-order chi connectivity index (χ0) is 17.2. The van der Waals surface area contributed by atoms with Crippen LogP contribution in [-0.2, 0) is 22.9 Å². The maximum atomic E-state index is 12.7. The molecule has 1 aliphatic carbocycles. The van der Waals surface area contributed by atoms with Crippen LogP contribution in [0.25, 0.3) is 0 Å². The summed E-state index contributed by atoms with van der Waals surface area (Å²) >= 11 is 0. The van der Waals surface area contributed by atoms with Crippen LogP contribution in [0.1, 0.15) is 24.0 Å². The van der Waals surface area contributed by atoms with E-state index in [4.69, 9.17) is 9.47 Å². The largest absolute Gasteiger partial charge is 0.479 e. The molecule has 0 atom stereocenters. The molecule has 3 rings (SSSR count). The van der Waals surface area contributed by atoms with E-state index in [9.17, 15) is 8.42 Å². The van der Waals surface area contributed by atoms with Gasteiger partial charge in [-0.25, -0.2) is 13.4 Å². The molecular formula is C16H19N3O4S. The van der Waals surface area contributed by atoms with Crippen molar-refractivity contribution in [2.24, 2.45) is 0 Å². The molecule has 2 aromatic rings. The minimum atomic E-state index is -3.75. The van der Waals surface area contributed by atoms with Gasteiger partial charge in [0.25, 0.3) is 10.0 Å². The van der Waals surface area contributed by atoms with E-state index in [1.54, 1.807) is 12.1 Å². The molecule has 8 heteroatoms. The second kappa shape index (κ2) is 6.64. The predicted molar refractivity (Wildman–Crippen MR) is 89.0 cm³/mol. The maximum absolute atomic E-state index is 12.7. The molecule has 0 unspecified atom stereocenters. The van der Waals surface area contributed by atoms with Crippen LogP contribution in [0.15, 0.2) is 29.3 Å². The number of aromatic nitrogens is 2. The van der Waals surface area contributed by atoms with Gasteiger partial charge in [-0.15, -0.1) is 0 Å². The van der Waals surface area contributed by atoms with E-state index in [1.165, 1.54) is 26.0 Å². The van der Waals surface area contributed by atoms with Gasteiger partial charge < -0.3 is 9.47 Å². The van der Waals surface area contributed by atoms with Crippen LogP contribution in [0.2, 0.25) is 0 Å². The smallest absolute Gasteiger partial charge is 0.319 e. The van der Waals surface area contributed by atoms with E-state index in [1.807, 2.05) is 6.07 Å². The number of methoxy groups -OCH3 is 2. The quantitative estimate of drug-likeness (QED) is 0.890. The summed E-state index contributed by atoms with van der Waals surface area (Å²) in [6.07, 6.45) is 5.47. The monoisotopic (exact) mass is 349 g/mol. The predicted octanol–water partition coefficient (Wildman–Crippen LogP) is 2.17. The van der Waals surface area contributed by atoms with Crippen LogP contribution in [-0.4, -0.2) is 32.6 Å². The molecule has 1 aromatic carbocycles. The third kappa shape index (κ3) is 3.28. The van der Waals surface area contributed by atoms with Gasteiger partial charge in [0.15, 0.2) is 0 Å². The second-order valence-corrected chi connectivity index (χ2v) is 7.21. The molecule has 128 valence electrons. The molecular weight excluding hydrogens is 330 g/mol. The zero-order valence-corrected chi connectivity index (χ0v) is 14.4. The van der Waals surface area contributed by atoms with Crippen molar-refractivity contribution in [1.29, 1.82) is 0 Å². The Morgan fingerprint density at radius 3 is 2.54 bits per heavy atom. The first kappa shape index (κ1) is 16.5. The summed E-state index contributed by atoms with van der Waals surface area (Å²) in [5, 5.41) is 0. The number of sulfonamides is 1. The molecule has 0 aliphatic heterocycles. The standard InChI is InChI=1S/C16H19N3O4S/c1-22-15-14(10-17-16(18-15)23-2)19-24(20,21)13-8-7-11-5-3-4-6-12(11)9-13/h7-10,19H,3-6H2,1-2H3. The molecule has 1 N–H and O–H groups in total. The molecule has 1 heterocycles. The lowest BCUT2D eigenvalue weighted by molar-refractivity contribution is 0.353. The van der Waals surface area contributed by atoms with Crippen LogP contribution in [0, 0.1) is 0 Å². The number of anilines is 1. The average molecular weight is 349 g/mol. The van der Waals surface area contributed by atoms with Gasteiger partial charge in [0.2, 0.25) is 5.88 Å². The summed E-state index contributed by atoms with van der Waals surface area (Å²) in [4.78, 5) is 8.11. The second-order valence-electron chi connectivity index (χ2n) is 5.52. The van der Waals surface area contributed by atoms with Crippen molar-refractivity contribution in [1.82, 2.24) is 9.97 Å². The third-order valence-electron chi connectivity index (χ3n) is 3.98. The topological polar surface area (TPSA) is 90.4 Å². The molecule has 0 saturated carbocycles. The Morgan fingerprint density at radius 1 is 1.08 bits per heavy atom. The molecule has 7 nitrogen and oxygen atoms in total. The summed E-state index contributed by atoms with van der Waals surface area (Å²) < 4.78 is 37.8. The summed E-state index contributed by atoms with van der Waals surface area (Å²) in [6.45, 7) is 0. The van der Waals surface area contributed by atoms with Crippen LogP contribution in [0.3, 0.4) is 0 Å². The fourth-order valence-electron chi connectivity index (χ4n) is 2.76. The number of fused-ring (bicyclic) bond motifs is 1. The number of nitrogens with zero attached hydrogens (tertiary/aromatic N) is 2. The van der Waals surface area contributed by atoms with Gasteiger partial charge in [-0.05, 0) is 48.9 Å². The highest BCUT2D eigenvalue weighted by Gasteiger charge is 2.20. The number of aryl methyl sites for hydroxylation is 2. The molecule has 0 radical (unpaired) electrons. The van der Waals surface area contributed by atoms with E-state index in [-0.39, 0.29) is 22.5 Å². The fraction of sp³-hybridized carbons (Fsp3) is 0.375. The molecule has 1 aliphatic rings. The van der Waals surface area contributed by atoms with Gasteiger partial charge in [0.1, 0.15) is 5.69 Å². The zero-order valence-electron chi connectivity index (χ0n) is 13.6. The minimum Gasteiger partial charge on any atom is -0.479 e. The Hall–Kier alpha value is -2.35. The highest BCUT2D eigenvalue weighted by molar-refractivity contribution is 7.92. The highest BCUT2D eigenvalue weighted by atomic mass is 32.2. The van der Waals surface area contributed by atoms with Crippen LogP contribution < -0.4 is 14.2 Å². The van der Waals surface area contributed by atoms with Crippen molar-refractivity contribution in [3.8, 4) is 11.9 Å². The number of hydrogen-bond donors (Lipinski definition) is 1. The first-order valence-corrected chi connectivity index (χ1v) is 9.11. The van der Waals surface area contributed by atoms with Crippen molar-refractivity contribution in [3.05, 3.63) is 35.5 Å². The van der Waals surface area contributed by atoms with Gasteiger partial charge in [-0.3, -0.25) is 4.72 Å². The summed E-state index contributed by atoms with van der Waals surface area (Å²) in [7, 11) is -0.926. The molecule has 1 aromatic heterocycles.